The van der Waals surface area contributed by atoms with E-state index in [1.807, 2.05) is 18.2 Å². The van der Waals surface area contributed by atoms with Crippen LogP contribution < -0.4 is 0 Å². The van der Waals surface area contributed by atoms with E-state index < -0.39 is 0 Å². The number of piperidine rings is 1. The number of rotatable bonds is 2. The summed E-state index contributed by atoms with van der Waals surface area (Å²) >= 11 is 0. The highest BCUT2D eigenvalue weighted by atomic mass is 16.7. The van der Waals surface area contributed by atoms with Crippen LogP contribution in [0, 0.1) is 0 Å². The quantitative estimate of drug-likeness (QED) is 0.765. The summed E-state index contributed by atoms with van der Waals surface area (Å²) in [5.41, 5.74) is 0.611. The van der Waals surface area contributed by atoms with Gasteiger partial charge in [0.15, 0.2) is 0 Å². The van der Waals surface area contributed by atoms with Crippen LogP contribution in [0.25, 0.3) is 0 Å². The van der Waals surface area contributed by atoms with Gasteiger partial charge in [-0.25, -0.2) is 4.79 Å². The van der Waals surface area contributed by atoms with Crippen molar-refractivity contribution >= 4 is 5.97 Å². The predicted octanol–water partition coefficient (Wildman–Crippen LogP) is 2.63. The highest BCUT2D eigenvalue weighted by Crippen LogP contribution is 2.17. The maximum atomic E-state index is 11.8. The molecule has 86 valence electrons. The molecule has 16 heavy (non-hydrogen) atoms. The maximum absolute atomic E-state index is 11.8. The van der Waals surface area contributed by atoms with Crippen molar-refractivity contribution in [1.29, 1.82) is 0 Å². The molecule has 0 bridgehead atoms. The maximum Gasteiger partial charge on any atom is 0.357 e. The molecule has 0 spiro atoms. The lowest BCUT2D eigenvalue weighted by molar-refractivity contribution is -0.146. The molecule has 1 saturated heterocycles. The molecule has 1 atom stereocenters. The molecule has 0 radical (unpaired) electrons. The van der Waals surface area contributed by atoms with E-state index in [4.69, 9.17) is 4.84 Å². The van der Waals surface area contributed by atoms with Crippen molar-refractivity contribution in [1.82, 2.24) is 5.06 Å². The summed E-state index contributed by atoms with van der Waals surface area (Å²) in [6.07, 6.45) is 3.43. The van der Waals surface area contributed by atoms with E-state index in [2.05, 4.69) is 6.92 Å². The standard InChI is InChI=1S/C13H17NO2/c1-11-7-5-6-10-14(11)16-13(15)12-8-3-2-4-9-12/h2-4,8-9,11H,5-7,10H2,1H3. The predicted molar refractivity (Wildman–Crippen MR) is 61.9 cm³/mol. The lowest BCUT2D eigenvalue weighted by Gasteiger charge is -2.31. The summed E-state index contributed by atoms with van der Waals surface area (Å²) in [6, 6.07) is 9.46. The van der Waals surface area contributed by atoms with E-state index >= 15 is 0 Å². The number of nitrogens with zero attached hydrogens (tertiary/aromatic N) is 1. The van der Waals surface area contributed by atoms with E-state index in [1.165, 1.54) is 6.42 Å². The lowest BCUT2D eigenvalue weighted by Crippen LogP contribution is -2.39. The molecule has 0 aliphatic carbocycles. The molecule has 2 rings (SSSR count). The third kappa shape index (κ3) is 2.61. The van der Waals surface area contributed by atoms with Gasteiger partial charge in [-0.1, -0.05) is 24.6 Å². The van der Waals surface area contributed by atoms with Crippen LogP contribution in [0.2, 0.25) is 0 Å². The van der Waals surface area contributed by atoms with Gasteiger partial charge in [0.05, 0.1) is 5.56 Å². The van der Waals surface area contributed by atoms with E-state index in [1.54, 1.807) is 17.2 Å². The molecule has 1 fully saturated rings. The number of benzene rings is 1. The smallest absolute Gasteiger partial charge is 0.357 e. The first kappa shape index (κ1) is 11.1. The molecule has 1 unspecified atom stereocenters. The Balaban J connectivity index is 1.96. The number of hydrogen-bond donors (Lipinski definition) is 0. The zero-order valence-electron chi connectivity index (χ0n) is 9.56. The topological polar surface area (TPSA) is 29.5 Å². The summed E-state index contributed by atoms with van der Waals surface area (Å²) in [5.74, 6) is -0.255. The first-order valence-corrected chi connectivity index (χ1v) is 5.81. The molecule has 0 saturated carbocycles. The second kappa shape index (κ2) is 5.12. The lowest BCUT2D eigenvalue weighted by atomic mass is 10.1. The van der Waals surface area contributed by atoms with Crippen LogP contribution in [0.3, 0.4) is 0 Å². The van der Waals surface area contributed by atoms with E-state index in [0.29, 0.717) is 11.6 Å². The van der Waals surface area contributed by atoms with Crippen molar-refractivity contribution < 1.29 is 9.63 Å². The SMILES string of the molecule is CC1CCCCN1OC(=O)c1ccccc1. The summed E-state index contributed by atoms with van der Waals surface area (Å²) < 4.78 is 0. The minimum Gasteiger partial charge on any atom is -0.364 e. The van der Waals surface area contributed by atoms with E-state index in [-0.39, 0.29) is 5.97 Å². The molecular weight excluding hydrogens is 202 g/mol. The van der Waals surface area contributed by atoms with Crippen LogP contribution in [-0.2, 0) is 4.84 Å². The normalized spacial score (nSPS) is 21.7. The summed E-state index contributed by atoms with van der Waals surface area (Å²) in [4.78, 5) is 17.2. The molecule has 1 aliphatic heterocycles. The van der Waals surface area contributed by atoms with Crippen LogP contribution in [-0.4, -0.2) is 23.6 Å². The fourth-order valence-corrected chi connectivity index (χ4v) is 1.94. The van der Waals surface area contributed by atoms with Crippen LogP contribution in [0.4, 0.5) is 0 Å². The fourth-order valence-electron chi connectivity index (χ4n) is 1.94. The van der Waals surface area contributed by atoms with Crippen LogP contribution in [0.1, 0.15) is 36.5 Å². The number of hydrogen-bond acceptors (Lipinski definition) is 3. The van der Waals surface area contributed by atoms with Gasteiger partial charge in [0.25, 0.3) is 0 Å². The molecule has 3 nitrogen and oxygen atoms in total. The van der Waals surface area contributed by atoms with Gasteiger partial charge in [0.2, 0.25) is 0 Å². The van der Waals surface area contributed by atoms with Gasteiger partial charge >= 0.3 is 5.97 Å². The van der Waals surface area contributed by atoms with Crippen LogP contribution >= 0.6 is 0 Å². The fraction of sp³-hybridized carbons (Fsp3) is 0.462. The molecule has 0 aromatic heterocycles. The molecule has 3 heteroatoms. The van der Waals surface area contributed by atoms with Crippen molar-refractivity contribution in [2.75, 3.05) is 6.54 Å². The Morgan fingerprint density at radius 1 is 1.31 bits per heavy atom. The van der Waals surface area contributed by atoms with Gasteiger partial charge in [-0.05, 0) is 31.9 Å². The number of carbonyl (C=O) groups is 1. The van der Waals surface area contributed by atoms with Crippen molar-refractivity contribution in [2.45, 2.75) is 32.2 Å². The Morgan fingerprint density at radius 3 is 2.75 bits per heavy atom. The Bertz CT molecular complexity index is 350. The average molecular weight is 219 g/mol. The van der Waals surface area contributed by atoms with Crippen molar-refractivity contribution in [3.05, 3.63) is 35.9 Å². The number of carbonyl (C=O) groups excluding carboxylic acids is 1. The second-order valence-electron chi connectivity index (χ2n) is 4.23. The van der Waals surface area contributed by atoms with Crippen molar-refractivity contribution in [2.24, 2.45) is 0 Å². The first-order chi connectivity index (χ1) is 7.77. The van der Waals surface area contributed by atoms with Gasteiger partial charge in [-0.3, -0.25) is 0 Å². The van der Waals surface area contributed by atoms with Gasteiger partial charge in [-0.2, -0.15) is 0 Å². The Labute approximate surface area is 96.0 Å². The summed E-state index contributed by atoms with van der Waals surface area (Å²) in [7, 11) is 0. The largest absolute Gasteiger partial charge is 0.364 e. The van der Waals surface area contributed by atoms with Gasteiger partial charge in [0, 0.05) is 12.6 Å². The molecule has 0 amide bonds. The summed E-state index contributed by atoms with van der Waals surface area (Å²) in [5, 5.41) is 1.80. The van der Waals surface area contributed by atoms with Gasteiger partial charge < -0.3 is 4.84 Å². The minimum atomic E-state index is -0.255. The van der Waals surface area contributed by atoms with E-state index in [9.17, 15) is 4.79 Å². The van der Waals surface area contributed by atoms with Crippen molar-refractivity contribution in [3.8, 4) is 0 Å². The zero-order valence-corrected chi connectivity index (χ0v) is 9.56. The average Bonchev–Trinajstić information content (AvgIpc) is 2.33. The van der Waals surface area contributed by atoms with Crippen LogP contribution in [0.5, 0.6) is 0 Å². The zero-order chi connectivity index (χ0) is 11.4. The second-order valence-corrected chi connectivity index (χ2v) is 4.23. The van der Waals surface area contributed by atoms with Gasteiger partial charge in [-0.15, -0.1) is 5.06 Å². The summed E-state index contributed by atoms with van der Waals surface area (Å²) in [6.45, 7) is 2.94. The molecule has 1 aliphatic rings. The highest BCUT2D eigenvalue weighted by molar-refractivity contribution is 5.89. The monoisotopic (exact) mass is 219 g/mol. The third-order valence-corrected chi connectivity index (χ3v) is 2.95. The van der Waals surface area contributed by atoms with Crippen LogP contribution in [0.15, 0.2) is 30.3 Å². The molecular formula is C13H17NO2. The minimum absolute atomic E-state index is 0.255. The van der Waals surface area contributed by atoms with Crippen molar-refractivity contribution in [3.63, 3.8) is 0 Å². The molecule has 0 N–H and O–H groups in total. The molecule has 1 aromatic rings. The molecule has 1 aromatic carbocycles. The third-order valence-electron chi connectivity index (χ3n) is 2.95. The first-order valence-electron chi connectivity index (χ1n) is 5.81. The van der Waals surface area contributed by atoms with Gasteiger partial charge in [0.1, 0.15) is 0 Å². The highest BCUT2D eigenvalue weighted by Gasteiger charge is 2.22. The Hall–Kier alpha value is -1.35. The number of hydroxylamine groups is 2. The Morgan fingerprint density at radius 2 is 2.06 bits per heavy atom. The Kier molecular flexibility index (Phi) is 3.57. The van der Waals surface area contributed by atoms with E-state index in [0.717, 1.165) is 19.4 Å². The molecule has 1 heterocycles.